The number of aryl methyl sites for hydroxylation is 1. The molecule has 0 aromatic heterocycles. The first-order valence-corrected chi connectivity index (χ1v) is 4.34. The molecule has 0 heterocycles. The first-order valence-electron chi connectivity index (χ1n) is 4.34. The quantitative estimate of drug-likeness (QED) is 0.588. The van der Waals surface area contributed by atoms with Crippen LogP contribution >= 0.6 is 0 Å². The minimum absolute atomic E-state index is 0.991. The van der Waals surface area contributed by atoms with E-state index in [1.54, 1.807) is 0 Å². The summed E-state index contributed by atoms with van der Waals surface area (Å²) in [6.07, 6.45) is 0. The van der Waals surface area contributed by atoms with Crippen molar-refractivity contribution in [1.29, 1.82) is 0 Å². The van der Waals surface area contributed by atoms with E-state index in [1.807, 2.05) is 0 Å². The molecule has 0 fully saturated rings. The number of hydrogen-bond donors (Lipinski definition) is 0. The highest BCUT2D eigenvalue weighted by Crippen LogP contribution is 2.11. The summed E-state index contributed by atoms with van der Waals surface area (Å²) in [5.41, 5.74) is 2.84. The molecule has 0 aliphatic carbocycles. The smallest absolute Gasteiger partial charge is 0.104 e. The maximum absolute atomic E-state index is 2.21. The predicted octanol–water partition coefficient (Wildman–Crippen LogP) is 2.20. The first-order chi connectivity index (χ1) is 5.49. The van der Waals surface area contributed by atoms with Crippen LogP contribution in [0.15, 0.2) is 24.3 Å². The number of hydrogen-bond acceptors (Lipinski definition) is 0. The minimum Gasteiger partial charge on any atom is -0.327 e. The Balaban J connectivity index is 2.83. The summed E-state index contributed by atoms with van der Waals surface area (Å²) in [4.78, 5) is 0. The van der Waals surface area contributed by atoms with Crippen LogP contribution in [0.4, 0.5) is 0 Å². The molecule has 0 unspecified atom stereocenters. The van der Waals surface area contributed by atoms with Gasteiger partial charge in [-0.15, -0.1) is 0 Å². The molecule has 0 radical (unpaired) electrons. The summed E-state index contributed by atoms with van der Waals surface area (Å²) in [6.45, 7) is 3.28. The van der Waals surface area contributed by atoms with E-state index in [-0.39, 0.29) is 0 Å². The zero-order chi connectivity index (χ0) is 9.19. The molecule has 0 N–H and O–H groups in total. The van der Waals surface area contributed by atoms with E-state index in [2.05, 4.69) is 52.3 Å². The molecule has 0 saturated carbocycles. The van der Waals surface area contributed by atoms with Gasteiger partial charge in [-0.1, -0.05) is 24.3 Å². The second kappa shape index (κ2) is 3.28. The Hall–Kier alpha value is -0.820. The van der Waals surface area contributed by atoms with E-state index < -0.39 is 0 Å². The lowest BCUT2D eigenvalue weighted by Gasteiger charge is -2.24. The van der Waals surface area contributed by atoms with Gasteiger partial charge in [0.1, 0.15) is 6.54 Å². The maximum atomic E-state index is 2.21. The van der Waals surface area contributed by atoms with Gasteiger partial charge in [0, 0.05) is 5.56 Å². The van der Waals surface area contributed by atoms with Crippen molar-refractivity contribution in [1.82, 2.24) is 0 Å². The van der Waals surface area contributed by atoms with Gasteiger partial charge in [0.05, 0.1) is 21.1 Å². The molecule has 0 aliphatic rings. The van der Waals surface area contributed by atoms with E-state index in [9.17, 15) is 0 Å². The second-order valence-corrected chi connectivity index (χ2v) is 4.37. The van der Waals surface area contributed by atoms with Crippen molar-refractivity contribution in [2.24, 2.45) is 0 Å². The SMILES string of the molecule is Cc1ccccc1C[N+](C)(C)C. The zero-order valence-corrected chi connectivity index (χ0v) is 8.46. The average Bonchev–Trinajstić information content (AvgIpc) is 1.91. The lowest BCUT2D eigenvalue weighted by atomic mass is 10.1. The van der Waals surface area contributed by atoms with Crippen LogP contribution in [-0.4, -0.2) is 25.6 Å². The largest absolute Gasteiger partial charge is 0.327 e. The van der Waals surface area contributed by atoms with Gasteiger partial charge in [0.2, 0.25) is 0 Å². The van der Waals surface area contributed by atoms with E-state index >= 15 is 0 Å². The van der Waals surface area contributed by atoms with Crippen LogP contribution in [0.25, 0.3) is 0 Å². The third-order valence-corrected chi connectivity index (χ3v) is 1.91. The lowest BCUT2D eigenvalue weighted by Crippen LogP contribution is -2.33. The molecular weight excluding hydrogens is 146 g/mol. The molecule has 0 amide bonds. The second-order valence-electron chi connectivity index (χ2n) is 4.37. The van der Waals surface area contributed by atoms with Gasteiger partial charge in [-0.2, -0.15) is 0 Å². The van der Waals surface area contributed by atoms with Gasteiger partial charge in [0.15, 0.2) is 0 Å². The molecule has 0 atom stereocenters. The normalized spacial score (nSPS) is 11.7. The van der Waals surface area contributed by atoms with Gasteiger partial charge in [-0.25, -0.2) is 0 Å². The predicted molar refractivity (Wildman–Crippen MR) is 52.9 cm³/mol. The molecule has 0 spiro atoms. The summed E-state index contributed by atoms with van der Waals surface area (Å²) in [6, 6.07) is 8.58. The van der Waals surface area contributed by atoms with Gasteiger partial charge in [-0.05, 0) is 12.5 Å². The highest BCUT2D eigenvalue weighted by atomic mass is 15.3. The van der Waals surface area contributed by atoms with E-state index in [0.29, 0.717) is 0 Å². The molecule has 66 valence electrons. The molecule has 1 nitrogen and oxygen atoms in total. The van der Waals surface area contributed by atoms with Crippen LogP contribution in [0.5, 0.6) is 0 Å². The third kappa shape index (κ3) is 2.67. The van der Waals surface area contributed by atoms with Crippen LogP contribution in [0, 0.1) is 6.92 Å². The van der Waals surface area contributed by atoms with Gasteiger partial charge < -0.3 is 4.48 Å². The van der Waals surface area contributed by atoms with E-state index in [1.165, 1.54) is 11.1 Å². The fourth-order valence-corrected chi connectivity index (χ4v) is 1.30. The number of rotatable bonds is 2. The molecule has 1 aromatic rings. The average molecular weight is 164 g/mol. The Kier molecular flexibility index (Phi) is 2.53. The monoisotopic (exact) mass is 164 g/mol. The van der Waals surface area contributed by atoms with Crippen LogP contribution in [-0.2, 0) is 6.54 Å². The van der Waals surface area contributed by atoms with Crippen molar-refractivity contribution in [3.63, 3.8) is 0 Å². The Morgan fingerprint density at radius 2 is 1.67 bits per heavy atom. The van der Waals surface area contributed by atoms with Crippen molar-refractivity contribution in [3.8, 4) is 0 Å². The van der Waals surface area contributed by atoms with Crippen molar-refractivity contribution in [3.05, 3.63) is 35.4 Å². The zero-order valence-electron chi connectivity index (χ0n) is 8.46. The molecule has 12 heavy (non-hydrogen) atoms. The van der Waals surface area contributed by atoms with Crippen LogP contribution in [0.2, 0.25) is 0 Å². The van der Waals surface area contributed by atoms with Gasteiger partial charge in [-0.3, -0.25) is 0 Å². The van der Waals surface area contributed by atoms with Gasteiger partial charge >= 0.3 is 0 Å². The van der Waals surface area contributed by atoms with Crippen LogP contribution in [0.3, 0.4) is 0 Å². The Morgan fingerprint density at radius 1 is 1.08 bits per heavy atom. The topological polar surface area (TPSA) is 0 Å². The summed E-state index contributed by atoms with van der Waals surface area (Å²) in [7, 11) is 6.64. The lowest BCUT2D eigenvalue weighted by molar-refractivity contribution is -0.884. The molecule has 1 rings (SSSR count). The van der Waals surface area contributed by atoms with Crippen molar-refractivity contribution < 1.29 is 4.48 Å². The fraction of sp³-hybridized carbons (Fsp3) is 0.455. The number of benzene rings is 1. The van der Waals surface area contributed by atoms with Crippen molar-refractivity contribution in [2.75, 3.05) is 21.1 Å². The molecule has 0 bridgehead atoms. The van der Waals surface area contributed by atoms with Crippen molar-refractivity contribution in [2.45, 2.75) is 13.5 Å². The Morgan fingerprint density at radius 3 is 2.17 bits per heavy atom. The first kappa shape index (κ1) is 9.27. The summed E-state index contributed by atoms with van der Waals surface area (Å²) in [5, 5.41) is 0. The van der Waals surface area contributed by atoms with Crippen LogP contribution < -0.4 is 0 Å². The number of nitrogens with zero attached hydrogens (tertiary/aromatic N) is 1. The maximum Gasteiger partial charge on any atom is 0.104 e. The van der Waals surface area contributed by atoms with Crippen molar-refractivity contribution >= 4 is 0 Å². The molecule has 0 saturated heterocycles. The highest BCUT2D eigenvalue weighted by Gasteiger charge is 2.09. The fourth-order valence-electron chi connectivity index (χ4n) is 1.30. The standard InChI is InChI=1S/C11H18N/c1-10-7-5-6-8-11(10)9-12(2,3)4/h5-8H,9H2,1-4H3/q+1. The Bertz CT molecular complexity index is 258. The van der Waals surface area contributed by atoms with Crippen LogP contribution in [0.1, 0.15) is 11.1 Å². The molecule has 1 aromatic carbocycles. The molecular formula is C11H18N+. The van der Waals surface area contributed by atoms with E-state index in [0.717, 1.165) is 11.0 Å². The minimum atomic E-state index is 0.991. The van der Waals surface area contributed by atoms with Gasteiger partial charge in [0.25, 0.3) is 0 Å². The van der Waals surface area contributed by atoms with E-state index in [4.69, 9.17) is 0 Å². The Labute approximate surface area is 75.2 Å². The summed E-state index contributed by atoms with van der Waals surface area (Å²) >= 11 is 0. The molecule has 0 aliphatic heterocycles. The molecule has 1 heteroatoms. The number of quaternary nitrogens is 1. The summed E-state index contributed by atoms with van der Waals surface area (Å²) < 4.78 is 0.991. The highest BCUT2D eigenvalue weighted by molar-refractivity contribution is 5.24. The third-order valence-electron chi connectivity index (χ3n) is 1.91. The summed E-state index contributed by atoms with van der Waals surface area (Å²) in [5.74, 6) is 0.